The SMILES string of the molecule is CC(=O)/C(F)=C1/CCC(c2ccc(F)cc2F)N1. The minimum atomic E-state index is -0.819. The van der Waals surface area contributed by atoms with Crippen LogP contribution < -0.4 is 5.32 Å². The highest BCUT2D eigenvalue weighted by molar-refractivity contribution is 5.91. The second kappa shape index (κ2) is 4.84. The molecule has 18 heavy (non-hydrogen) atoms. The van der Waals surface area contributed by atoms with E-state index in [1.165, 1.54) is 6.07 Å². The number of rotatable bonds is 2. The maximum absolute atomic E-state index is 13.5. The van der Waals surface area contributed by atoms with Crippen molar-refractivity contribution < 1.29 is 18.0 Å². The number of carbonyl (C=O) groups excluding carboxylic acids is 1. The quantitative estimate of drug-likeness (QED) is 0.822. The molecule has 1 fully saturated rings. The zero-order chi connectivity index (χ0) is 13.3. The van der Waals surface area contributed by atoms with Crippen LogP contribution in [0.5, 0.6) is 0 Å². The van der Waals surface area contributed by atoms with Gasteiger partial charge in [0, 0.05) is 18.6 Å². The number of nitrogens with one attached hydrogen (secondary N) is 1. The van der Waals surface area contributed by atoms with Crippen LogP contribution in [0.1, 0.15) is 31.4 Å². The van der Waals surface area contributed by atoms with Crippen LogP contribution in [0.15, 0.2) is 29.7 Å². The Morgan fingerprint density at radius 2 is 2.11 bits per heavy atom. The molecule has 0 spiro atoms. The fourth-order valence-corrected chi connectivity index (χ4v) is 2.05. The van der Waals surface area contributed by atoms with Gasteiger partial charge < -0.3 is 5.32 Å². The van der Waals surface area contributed by atoms with Crippen molar-refractivity contribution in [3.05, 3.63) is 46.9 Å². The van der Waals surface area contributed by atoms with Gasteiger partial charge in [0.1, 0.15) is 11.6 Å². The summed E-state index contributed by atoms with van der Waals surface area (Å²) in [7, 11) is 0. The average molecular weight is 255 g/mol. The molecule has 5 heteroatoms. The molecule has 0 radical (unpaired) electrons. The van der Waals surface area contributed by atoms with E-state index >= 15 is 0 Å². The summed E-state index contributed by atoms with van der Waals surface area (Å²) >= 11 is 0. The smallest absolute Gasteiger partial charge is 0.189 e. The summed E-state index contributed by atoms with van der Waals surface area (Å²) in [6.07, 6.45) is 0.811. The van der Waals surface area contributed by atoms with E-state index in [1.54, 1.807) is 0 Å². The molecule has 2 nitrogen and oxygen atoms in total. The number of halogens is 3. The Morgan fingerprint density at radius 1 is 1.39 bits per heavy atom. The van der Waals surface area contributed by atoms with E-state index in [4.69, 9.17) is 0 Å². The van der Waals surface area contributed by atoms with Gasteiger partial charge in [-0.1, -0.05) is 6.07 Å². The Bertz CT molecular complexity index is 525. The van der Waals surface area contributed by atoms with E-state index in [0.29, 0.717) is 12.8 Å². The summed E-state index contributed by atoms with van der Waals surface area (Å²) < 4.78 is 39.7. The zero-order valence-electron chi connectivity index (χ0n) is 9.77. The van der Waals surface area contributed by atoms with Gasteiger partial charge in [0.15, 0.2) is 11.6 Å². The molecule has 0 bridgehead atoms. The lowest BCUT2D eigenvalue weighted by Gasteiger charge is -2.12. The largest absolute Gasteiger partial charge is 0.379 e. The number of ketones is 1. The second-order valence-electron chi connectivity index (χ2n) is 4.25. The Balaban J connectivity index is 2.23. The molecule has 0 amide bonds. The lowest BCUT2D eigenvalue weighted by molar-refractivity contribution is -0.115. The van der Waals surface area contributed by atoms with Crippen LogP contribution in [-0.2, 0) is 4.79 Å². The first-order valence-corrected chi connectivity index (χ1v) is 5.60. The third kappa shape index (κ3) is 2.39. The molecule has 96 valence electrons. The van der Waals surface area contributed by atoms with Crippen LogP contribution in [0, 0.1) is 11.6 Å². The highest BCUT2D eigenvalue weighted by Gasteiger charge is 2.26. The van der Waals surface area contributed by atoms with Crippen LogP contribution in [0.25, 0.3) is 0 Å². The van der Waals surface area contributed by atoms with Crippen molar-refractivity contribution >= 4 is 5.78 Å². The van der Waals surface area contributed by atoms with Gasteiger partial charge in [0.2, 0.25) is 0 Å². The van der Waals surface area contributed by atoms with E-state index in [9.17, 15) is 18.0 Å². The van der Waals surface area contributed by atoms with Gasteiger partial charge in [-0.15, -0.1) is 0 Å². The molecule has 1 atom stereocenters. The van der Waals surface area contributed by atoms with Gasteiger partial charge in [-0.25, -0.2) is 13.2 Å². The lowest BCUT2D eigenvalue weighted by Crippen LogP contribution is -2.15. The molecular formula is C13H12F3NO. The van der Waals surface area contributed by atoms with Crippen LogP contribution in [-0.4, -0.2) is 5.78 Å². The van der Waals surface area contributed by atoms with E-state index < -0.39 is 29.3 Å². The first-order chi connectivity index (χ1) is 8.49. The molecular weight excluding hydrogens is 243 g/mol. The Hall–Kier alpha value is -1.78. The van der Waals surface area contributed by atoms with Gasteiger partial charge in [-0.3, -0.25) is 4.79 Å². The minimum absolute atomic E-state index is 0.191. The maximum atomic E-state index is 13.5. The van der Waals surface area contributed by atoms with Crippen molar-refractivity contribution in [2.45, 2.75) is 25.8 Å². The van der Waals surface area contributed by atoms with Gasteiger partial charge >= 0.3 is 0 Å². The Labute approximate surface area is 102 Å². The highest BCUT2D eigenvalue weighted by Crippen LogP contribution is 2.32. The third-order valence-corrected chi connectivity index (χ3v) is 2.94. The highest BCUT2D eigenvalue weighted by atomic mass is 19.1. The van der Waals surface area contributed by atoms with Crippen molar-refractivity contribution in [2.75, 3.05) is 0 Å². The molecule has 1 N–H and O–H groups in total. The summed E-state index contributed by atoms with van der Waals surface area (Å²) in [4.78, 5) is 10.9. The first kappa shape index (κ1) is 12.7. The molecule has 0 saturated carbocycles. The molecule has 0 aromatic heterocycles. The number of hydrogen-bond acceptors (Lipinski definition) is 2. The summed E-state index contributed by atoms with van der Waals surface area (Å²) in [5, 5.41) is 2.77. The molecule has 2 rings (SSSR count). The number of hydrogen-bond donors (Lipinski definition) is 1. The molecule has 1 unspecified atom stereocenters. The lowest BCUT2D eigenvalue weighted by atomic mass is 10.0. The Morgan fingerprint density at radius 3 is 2.72 bits per heavy atom. The maximum Gasteiger partial charge on any atom is 0.189 e. The van der Waals surface area contributed by atoms with Gasteiger partial charge in [0.05, 0.1) is 11.7 Å². The fourth-order valence-electron chi connectivity index (χ4n) is 2.05. The van der Waals surface area contributed by atoms with Crippen LogP contribution in [0.4, 0.5) is 13.2 Å². The molecule has 1 aliphatic heterocycles. The van der Waals surface area contributed by atoms with Crippen molar-refractivity contribution in [3.8, 4) is 0 Å². The van der Waals surface area contributed by atoms with Crippen molar-refractivity contribution in [1.82, 2.24) is 5.32 Å². The average Bonchev–Trinajstić information content (AvgIpc) is 2.77. The standard InChI is InChI=1S/C13H12F3NO/c1-7(18)13(16)12-5-4-11(17-12)9-3-2-8(14)6-10(9)15/h2-3,6,11,17H,4-5H2,1H3/b13-12+. The van der Waals surface area contributed by atoms with Gasteiger partial charge in [0.25, 0.3) is 0 Å². The van der Waals surface area contributed by atoms with E-state index in [2.05, 4.69) is 5.32 Å². The van der Waals surface area contributed by atoms with E-state index in [1.807, 2.05) is 0 Å². The van der Waals surface area contributed by atoms with Gasteiger partial charge in [-0.05, 0) is 18.9 Å². The van der Waals surface area contributed by atoms with Crippen LogP contribution in [0.3, 0.4) is 0 Å². The molecule has 1 aliphatic rings. The van der Waals surface area contributed by atoms with Crippen molar-refractivity contribution in [2.24, 2.45) is 0 Å². The number of benzene rings is 1. The number of allylic oxidation sites excluding steroid dienone is 2. The van der Waals surface area contributed by atoms with E-state index in [0.717, 1.165) is 19.1 Å². The van der Waals surface area contributed by atoms with Crippen LogP contribution in [0.2, 0.25) is 0 Å². The molecule has 1 saturated heterocycles. The van der Waals surface area contributed by atoms with Crippen LogP contribution >= 0.6 is 0 Å². The molecule has 1 heterocycles. The number of carbonyl (C=O) groups is 1. The number of Topliss-reactive ketones (excluding diaryl/α,β-unsaturated/α-hetero) is 1. The minimum Gasteiger partial charge on any atom is -0.379 e. The van der Waals surface area contributed by atoms with Crippen molar-refractivity contribution in [1.29, 1.82) is 0 Å². The summed E-state index contributed by atoms with van der Waals surface area (Å²) in [5.41, 5.74) is 0.471. The molecule has 0 aliphatic carbocycles. The monoisotopic (exact) mass is 255 g/mol. The molecule has 1 aromatic rings. The predicted molar refractivity (Wildman–Crippen MR) is 60.3 cm³/mol. The Kier molecular flexibility index (Phi) is 3.41. The zero-order valence-corrected chi connectivity index (χ0v) is 9.77. The summed E-state index contributed by atoms with van der Waals surface area (Å²) in [6, 6.07) is 2.85. The fraction of sp³-hybridized carbons (Fsp3) is 0.308. The van der Waals surface area contributed by atoms with Gasteiger partial charge in [-0.2, -0.15) is 0 Å². The predicted octanol–water partition coefficient (Wildman–Crippen LogP) is 3.16. The van der Waals surface area contributed by atoms with E-state index in [-0.39, 0.29) is 11.3 Å². The molecule has 1 aromatic carbocycles. The first-order valence-electron chi connectivity index (χ1n) is 5.60. The summed E-state index contributed by atoms with van der Waals surface area (Å²) in [5.74, 6) is -2.80. The summed E-state index contributed by atoms with van der Waals surface area (Å²) in [6.45, 7) is 1.13. The second-order valence-corrected chi connectivity index (χ2v) is 4.25. The third-order valence-electron chi connectivity index (χ3n) is 2.94. The normalized spacial score (nSPS) is 21.7. The topological polar surface area (TPSA) is 29.1 Å². The van der Waals surface area contributed by atoms with Crippen molar-refractivity contribution in [3.63, 3.8) is 0 Å².